The number of methoxy groups -OCH3 is 1. The van der Waals surface area contributed by atoms with Crippen LogP contribution in [0.1, 0.15) is 18.1 Å². The van der Waals surface area contributed by atoms with E-state index in [1.54, 1.807) is 25.1 Å². The van der Waals surface area contributed by atoms with Crippen LogP contribution in [-0.4, -0.2) is 24.8 Å². The van der Waals surface area contributed by atoms with Crippen molar-refractivity contribution in [3.63, 3.8) is 0 Å². The highest BCUT2D eigenvalue weighted by molar-refractivity contribution is 5.96. The molecule has 1 aromatic carbocycles. The quantitative estimate of drug-likeness (QED) is 0.848. The minimum atomic E-state index is -0.695. The predicted molar refractivity (Wildman–Crippen MR) is 67.7 cm³/mol. The SMILES string of the molecule is CCOC(=O)C1=C(O)c2cc(OC)ccc2CN=N1. The summed E-state index contributed by atoms with van der Waals surface area (Å²) in [5, 5.41) is 17.8. The van der Waals surface area contributed by atoms with E-state index in [0.717, 1.165) is 5.56 Å². The Hall–Kier alpha value is -2.37. The number of nitrogens with zero attached hydrogens (tertiary/aromatic N) is 2. The maximum Gasteiger partial charge on any atom is 0.362 e. The molecule has 0 radical (unpaired) electrons. The van der Waals surface area contributed by atoms with Gasteiger partial charge in [-0.05, 0) is 24.6 Å². The van der Waals surface area contributed by atoms with E-state index in [1.807, 2.05) is 0 Å². The van der Waals surface area contributed by atoms with Gasteiger partial charge in [0.25, 0.3) is 0 Å². The van der Waals surface area contributed by atoms with E-state index in [9.17, 15) is 9.90 Å². The van der Waals surface area contributed by atoms with Crippen molar-refractivity contribution in [1.29, 1.82) is 0 Å². The number of esters is 1. The molecular weight excluding hydrogens is 248 g/mol. The number of fused-ring (bicyclic) bond motifs is 1. The molecule has 1 heterocycles. The molecule has 0 bridgehead atoms. The van der Waals surface area contributed by atoms with E-state index < -0.39 is 5.97 Å². The number of ether oxygens (including phenoxy) is 2. The van der Waals surface area contributed by atoms with Crippen LogP contribution in [0.2, 0.25) is 0 Å². The lowest BCUT2D eigenvalue weighted by Gasteiger charge is -2.08. The van der Waals surface area contributed by atoms with Gasteiger partial charge in [-0.15, -0.1) is 5.11 Å². The summed E-state index contributed by atoms with van der Waals surface area (Å²) in [5.74, 6) is -0.358. The molecule has 0 saturated carbocycles. The first kappa shape index (κ1) is 13.1. The zero-order chi connectivity index (χ0) is 13.8. The molecule has 6 nitrogen and oxygen atoms in total. The van der Waals surface area contributed by atoms with Gasteiger partial charge in [0.15, 0.2) is 5.76 Å². The maximum absolute atomic E-state index is 11.7. The number of hydrogen-bond acceptors (Lipinski definition) is 6. The van der Waals surface area contributed by atoms with Gasteiger partial charge < -0.3 is 14.6 Å². The number of hydrogen-bond donors (Lipinski definition) is 1. The molecule has 1 aliphatic heterocycles. The highest BCUT2D eigenvalue weighted by Crippen LogP contribution is 2.29. The summed E-state index contributed by atoms with van der Waals surface area (Å²) in [6.07, 6.45) is 0. The molecule has 100 valence electrons. The van der Waals surface area contributed by atoms with E-state index in [4.69, 9.17) is 9.47 Å². The number of aliphatic hydroxyl groups is 1. The number of azo groups is 1. The third kappa shape index (κ3) is 2.57. The predicted octanol–water partition coefficient (Wildman–Crippen LogP) is 2.45. The highest BCUT2D eigenvalue weighted by Gasteiger charge is 2.22. The highest BCUT2D eigenvalue weighted by atomic mass is 16.5. The Labute approximate surface area is 110 Å². The van der Waals surface area contributed by atoms with Crippen molar-refractivity contribution in [1.82, 2.24) is 0 Å². The van der Waals surface area contributed by atoms with Crippen molar-refractivity contribution in [2.24, 2.45) is 10.2 Å². The molecule has 2 rings (SSSR count). The minimum absolute atomic E-state index is 0.186. The molecule has 1 N–H and O–H groups in total. The summed E-state index contributed by atoms with van der Waals surface area (Å²) < 4.78 is 9.94. The minimum Gasteiger partial charge on any atom is -0.505 e. The van der Waals surface area contributed by atoms with Gasteiger partial charge in [-0.1, -0.05) is 6.07 Å². The van der Waals surface area contributed by atoms with E-state index in [0.29, 0.717) is 11.3 Å². The molecule has 1 aliphatic rings. The lowest BCUT2D eigenvalue weighted by Crippen LogP contribution is -2.08. The van der Waals surface area contributed by atoms with Crippen LogP contribution >= 0.6 is 0 Å². The molecular formula is C13H14N2O4. The second-order valence-electron chi connectivity index (χ2n) is 3.84. The van der Waals surface area contributed by atoms with Crippen molar-refractivity contribution in [3.05, 3.63) is 35.0 Å². The van der Waals surface area contributed by atoms with Gasteiger partial charge in [-0.2, -0.15) is 5.11 Å². The van der Waals surface area contributed by atoms with Crippen LogP contribution in [0.15, 0.2) is 34.1 Å². The smallest absolute Gasteiger partial charge is 0.362 e. The van der Waals surface area contributed by atoms with Gasteiger partial charge in [-0.25, -0.2) is 4.79 Å². The van der Waals surface area contributed by atoms with Crippen LogP contribution in [0.4, 0.5) is 0 Å². The van der Waals surface area contributed by atoms with Crippen LogP contribution in [0, 0.1) is 0 Å². The molecule has 0 atom stereocenters. The van der Waals surface area contributed by atoms with Crippen LogP contribution in [0.5, 0.6) is 5.75 Å². The Morgan fingerprint density at radius 1 is 1.47 bits per heavy atom. The van der Waals surface area contributed by atoms with Crippen molar-refractivity contribution < 1.29 is 19.4 Å². The summed E-state index contributed by atoms with van der Waals surface area (Å²) in [6, 6.07) is 5.18. The Morgan fingerprint density at radius 3 is 2.95 bits per heavy atom. The lowest BCUT2D eigenvalue weighted by atomic mass is 10.0. The molecule has 0 saturated heterocycles. The van der Waals surface area contributed by atoms with Crippen molar-refractivity contribution in [3.8, 4) is 5.75 Å². The van der Waals surface area contributed by atoms with Gasteiger partial charge in [0.1, 0.15) is 5.75 Å². The van der Waals surface area contributed by atoms with Crippen molar-refractivity contribution in [2.45, 2.75) is 13.5 Å². The van der Waals surface area contributed by atoms with Gasteiger partial charge in [-0.3, -0.25) is 0 Å². The number of benzene rings is 1. The monoisotopic (exact) mass is 262 g/mol. The first-order valence-corrected chi connectivity index (χ1v) is 5.82. The number of aliphatic hydroxyl groups excluding tert-OH is 1. The summed E-state index contributed by atoms with van der Waals surface area (Å²) in [7, 11) is 1.53. The second-order valence-corrected chi connectivity index (χ2v) is 3.84. The average Bonchev–Trinajstić information content (AvgIpc) is 2.58. The number of carbonyl (C=O) groups excluding carboxylic acids is 1. The summed E-state index contributed by atoms with van der Waals surface area (Å²) >= 11 is 0. The van der Waals surface area contributed by atoms with Crippen LogP contribution in [0.25, 0.3) is 5.76 Å². The normalized spacial score (nSPS) is 13.8. The molecule has 1 aromatic rings. The molecule has 0 fully saturated rings. The molecule has 0 spiro atoms. The maximum atomic E-state index is 11.7. The van der Waals surface area contributed by atoms with Crippen molar-refractivity contribution in [2.75, 3.05) is 13.7 Å². The molecule has 0 amide bonds. The van der Waals surface area contributed by atoms with Crippen LogP contribution < -0.4 is 4.74 Å². The third-order valence-electron chi connectivity index (χ3n) is 2.68. The Kier molecular flexibility index (Phi) is 3.79. The Balaban J connectivity index is 2.51. The third-order valence-corrected chi connectivity index (χ3v) is 2.68. The number of rotatable bonds is 3. The van der Waals surface area contributed by atoms with Crippen molar-refractivity contribution >= 4 is 11.7 Å². The largest absolute Gasteiger partial charge is 0.505 e. The van der Waals surface area contributed by atoms with Gasteiger partial charge in [0.05, 0.1) is 20.3 Å². The van der Waals surface area contributed by atoms with Gasteiger partial charge in [0, 0.05) is 5.56 Å². The zero-order valence-corrected chi connectivity index (χ0v) is 10.7. The fraction of sp³-hybridized carbons (Fsp3) is 0.308. The summed E-state index contributed by atoms with van der Waals surface area (Å²) in [5.41, 5.74) is 1.06. The fourth-order valence-corrected chi connectivity index (χ4v) is 1.73. The van der Waals surface area contributed by atoms with Crippen LogP contribution in [0.3, 0.4) is 0 Å². The Bertz CT molecular complexity index is 564. The molecule has 0 aromatic heterocycles. The second kappa shape index (κ2) is 5.51. The lowest BCUT2D eigenvalue weighted by molar-refractivity contribution is -0.138. The van der Waals surface area contributed by atoms with E-state index in [1.165, 1.54) is 7.11 Å². The first-order chi connectivity index (χ1) is 9.17. The Morgan fingerprint density at radius 2 is 2.26 bits per heavy atom. The van der Waals surface area contributed by atoms with E-state index >= 15 is 0 Å². The summed E-state index contributed by atoms with van der Waals surface area (Å²) in [4.78, 5) is 11.7. The number of carbonyl (C=O) groups is 1. The molecule has 0 aliphatic carbocycles. The van der Waals surface area contributed by atoms with Gasteiger partial charge >= 0.3 is 5.97 Å². The average molecular weight is 262 g/mol. The van der Waals surface area contributed by atoms with E-state index in [-0.39, 0.29) is 24.6 Å². The standard InChI is InChI=1S/C13H14N2O4/c1-3-19-13(17)11-12(16)10-6-9(18-2)5-4-8(10)7-14-15-11/h4-6,16H,3,7H2,1-2H3. The van der Waals surface area contributed by atoms with Crippen LogP contribution in [-0.2, 0) is 16.1 Å². The van der Waals surface area contributed by atoms with Gasteiger partial charge in [0.2, 0.25) is 5.70 Å². The fourth-order valence-electron chi connectivity index (χ4n) is 1.73. The van der Waals surface area contributed by atoms with E-state index in [2.05, 4.69) is 10.2 Å². The molecule has 0 unspecified atom stereocenters. The topological polar surface area (TPSA) is 80.5 Å². The zero-order valence-electron chi connectivity index (χ0n) is 10.7. The summed E-state index contributed by atoms with van der Waals surface area (Å²) in [6.45, 7) is 2.17. The molecule has 19 heavy (non-hydrogen) atoms. The molecule has 6 heteroatoms. The first-order valence-electron chi connectivity index (χ1n) is 5.82.